The summed E-state index contributed by atoms with van der Waals surface area (Å²) in [6, 6.07) is 0. The average Bonchev–Trinajstić information content (AvgIpc) is 2.56. The van der Waals surface area contributed by atoms with Gasteiger partial charge in [-0.25, -0.2) is 9.67 Å². The molecule has 0 aromatic carbocycles. The molecule has 0 fully saturated rings. The summed E-state index contributed by atoms with van der Waals surface area (Å²) in [4.78, 5) is 7.64. The second kappa shape index (κ2) is 3.73. The first-order chi connectivity index (χ1) is 6.66. The summed E-state index contributed by atoms with van der Waals surface area (Å²) in [5.74, 6) is 0.401. The van der Waals surface area contributed by atoms with E-state index in [0.29, 0.717) is 15.9 Å². The highest BCUT2D eigenvalue weighted by atomic mass is 35.5. The quantitative estimate of drug-likeness (QED) is 0.730. The van der Waals surface area contributed by atoms with Gasteiger partial charge in [-0.1, -0.05) is 23.2 Å². The highest BCUT2D eigenvalue weighted by Gasteiger charge is 2.07. The van der Waals surface area contributed by atoms with Gasteiger partial charge in [0.05, 0.1) is 23.6 Å². The predicted molar refractivity (Wildman–Crippen MR) is 54.2 cm³/mol. The molecule has 0 aliphatic rings. The summed E-state index contributed by atoms with van der Waals surface area (Å²) in [6.07, 6.45) is 4.46. The van der Waals surface area contributed by atoms with Crippen LogP contribution < -0.4 is 0 Å². The summed E-state index contributed by atoms with van der Waals surface area (Å²) in [6.45, 7) is 0. The van der Waals surface area contributed by atoms with Gasteiger partial charge < -0.3 is 0 Å². The van der Waals surface area contributed by atoms with Crippen LogP contribution in [0.15, 0.2) is 18.6 Å². The third-order valence-corrected chi connectivity index (χ3v) is 2.11. The molecule has 0 N–H and O–H groups in total. The molecular weight excluding hydrogens is 246 g/mol. The van der Waals surface area contributed by atoms with E-state index in [0.717, 1.165) is 0 Å². The van der Waals surface area contributed by atoms with Gasteiger partial charge in [-0.2, -0.15) is 10.1 Å². The third-order valence-electron chi connectivity index (χ3n) is 1.46. The van der Waals surface area contributed by atoms with Crippen molar-refractivity contribution in [2.75, 3.05) is 0 Å². The monoisotopic (exact) mass is 248 g/mol. The Balaban J connectivity index is 2.55. The lowest BCUT2D eigenvalue weighted by atomic mass is 10.6. The number of nitrogens with zero attached hydrogens (tertiary/aromatic N) is 4. The second-order valence-corrected chi connectivity index (χ2v) is 3.60. The van der Waals surface area contributed by atoms with Gasteiger partial charge in [-0.3, -0.25) is 0 Å². The Kier molecular flexibility index (Phi) is 2.58. The maximum Gasteiger partial charge on any atom is 0.224 e. The summed E-state index contributed by atoms with van der Waals surface area (Å²) >= 11 is 17.2. The standard InChI is InChI=1S/C7H3Cl3N4/c8-4-1-12-14(3-4)6-5(9)2-11-7(10)13-6/h1-3H. The Labute approximate surface area is 94.4 Å². The topological polar surface area (TPSA) is 43.6 Å². The summed E-state index contributed by atoms with van der Waals surface area (Å²) in [5, 5.41) is 4.90. The van der Waals surface area contributed by atoms with Crippen LogP contribution in [0.4, 0.5) is 0 Å². The molecule has 2 heterocycles. The maximum absolute atomic E-state index is 5.85. The largest absolute Gasteiger partial charge is 0.225 e. The van der Waals surface area contributed by atoms with Crippen molar-refractivity contribution >= 4 is 34.8 Å². The predicted octanol–water partition coefficient (Wildman–Crippen LogP) is 2.62. The molecule has 2 aromatic heterocycles. The number of aromatic nitrogens is 4. The molecule has 0 atom stereocenters. The van der Waals surface area contributed by atoms with Crippen LogP contribution in [0.2, 0.25) is 15.3 Å². The minimum absolute atomic E-state index is 0.107. The smallest absolute Gasteiger partial charge is 0.224 e. The van der Waals surface area contributed by atoms with E-state index in [4.69, 9.17) is 34.8 Å². The summed E-state index contributed by atoms with van der Waals surface area (Å²) in [7, 11) is 0. The van der Waals surface area contributed by atoms with Crippen LogP contribution in [-0.4, -0.2) is 19.7 Å². The van der Waals surface area contributed by atoms with Crippen LogP contribution >= 0.6 is 34.8 Å². The SMILES string of the molecule is Clc1cnn(-c2nc(Cl)ncc2Cl)c1. The van der Waals surface area contributed by atoms with Gasteiger partial charge in [0.1, 0.15) is 5.02 Å². The Morgan fingerprint density at radius 1 is 1.14 bits per heavy atom. The van der Waals surface area contributed by atoms with Gasteiger partial charge >= 0.3 is 0 Å². The molecule has 0 spiro atoms. The zero-order valence-corrected chi connectivity index (χ0v) is 8.92. The maximum atomic E-state index is 5.85. The number of hydrogen-bond donors (Lipinski definition) is 0. The van der Waals surface area contributed by atoms with E-state index in [1.54, 1.807) is 6.20 Å². The molecule has 7 heteroatoms. The molecule has 0 unspecified atom stereocenters. The van der Waals surface area contributed by atoms with Crippen molar-refractivity contribution < 1.29 is 0 Å². The van der Waals surface area contributed by atoms with E-state index in [1.807, 2.05) is 0 Å². The first-order valence-corrected chi connectivity index (χ1v) is 4.69. The fraction of sp³-hybridized carbons (Fsp3) is 0. The normalized spacial score (nSPS) is 10.5. The second-order valence-electron chi connectivity index (χ2n) is 2.41. The first-order valence-electron chi connectivity index (χ1n) is 3.55. The Bertz CT molecular complexity index is 468. The Morgan fingerprint density at radius 3 is 2.57 bits per heavy atom. The lowest BCUT2D eigenvalue weighted by molar-refractivity contribution is 0.840. The van der Waals surface area contributed by atoms with Crippen molar-refractivity contribution in [3.8, 4) is 5.82 Å². The van der Waals surface area contributed by atoms with E-state index in [2.05, 4.69) is 15.1 Å². The van der Waals surface area contributed by atoms with Gasteiger partial charge in [-0.15, -0.1) is 0 Å². The highest BCUT2D eigenvalue weighted by molar-refractivity contribution is 6.33. The number of rotatable bonds is 1. The molecule has 0 aliphatic carbocycles. The van der Waals surface area contributed by atoms with Crippen molar-refractivity contribution in [3.05, 3.63) is 33.9 Å². The molecule has 0 saturated heterocycles. The van der Waals surface area contributed by atoms with Crippen LogP contribution in [0.3, 0.4) is 0 Å². The molecule has 0 bridgehead atoms. The molecule has 0 radical (unpaired) electrons. The van der Waals surface area contributed by atoms with Crippen LogP contribution in [0, 0.1) is 0 Å². The summed E-state index contributed by atoms with van der Waals surface area (Å²) < 4.78 is 1.43. The number of hydrogen-bond acceptors (Lipinski definition) is 3. The molecule has 0 amide bonds. The zero-order valence-electron chi connectivity index (χ0n) is 6.65. The van der Waals surface area contributed by atoms with Crippen molar-refractivity contribution in [1.29, 1.82) is 0 Å². The molecular formula is C7H3Cl3N4. The van der Waals surface area contributed by atoms with E-state index in [-0.39, 0.29) is 5.28 Å². The van der Waals surface area contributed by atoms with Gasteiger partial charge in [-0.05, 0) is 11.6 Å². The van der Waals surface area contributed by atoms with Crippen molar-refractivity contribution in [1.82, 2.24) is 19.7 Å². The van der Waals surface area contributed by atoms with Gasteiger partial charge in [0.15, 0.2) is 5.82 Å². The fourth-order valence-electron chi connectivity index (χ4n) is 0.915. The van der Waals surface area contributed by atoms with Crippen molar-refractivity contribution in [2.45, 2.75) is 0 Å². The highest BCUT2D eigenvalue weighted by Crippen LogP contribution is 2.19. The van der Waals surface area contributed by atoms with Crippen LogP contribution in [0.5, 0.6) is 0 Å². The molecule has 2 aromatic rings. The Hall–Kier alpha value is -0.840. The van der Waals surface area contributed by atoms with Gasteiger partial charge in [0.25, 0.3) is 0 Å². The van der Waals surface area contributed by atoms with E-state index >= 15 is 0 Å². The summed E-state index contributed by atoms with van der Waals surface area (Å²) in [5.41, 5.74) is 0. The molecule has 72 valence electrons. The van der Waals surface area contributed by atoms with E-state index < -0.39 is 0 Å². The molecule has 0 aliphatic heterocycles. The van der Waals surface area contributed by atoms with Crippen molar-refractivity contribution in [3.63, 3.8) is 0 Å². The van der Waals surface area contributed by atoms with Gasteiger partial charge in [0, 0.05) is 0 Å². The molecule has 14 heavy (non-hydrogen) atoms. The zero-order chi connectivity index (χ0) is 10.1. The fourth-order valence-corrected chi connectivity index (χ4v) is 1.36. The van der Waals surface area contributed by atoms with E-state index in [1.165, 1.54) is 17.1 Å². The minimum atomic E-state index is 0.107. The first kappa shape index (κ1) is 9.71. The minimum Gasteiger partial charge on any atom is -0.225 e. The van der Waals surface area contributed by atoms with Gasteiger partial charge in [0.2, 0.25) is 5.28 Å². The lowest BCUT2D eigenvalue weighted by Crippen LogP contribution is -2.00. The molecule has 2 rings (SSSR count). The molecule has 0 saturated carbocycles. The lowest BCUT2D eigenvalue weighted by Gasteiger charge is -2.01. The number of halogens is 3. The van der Waals surface area contributed by atoms with Crippen molar-refractivity contribution in [2.24, 2.45) is 0 Å². The van der Waals surface area contributed by atoms with Crippen LogP contribution in [0.25, 0.3) is 5.82 Å². The Morgan fingerprint density at radius 2 is 1.93 bits per heavy atom. The van der Waals surface area contributed by atoms with Crippen LogP contribution in [0.1, 0.15) is 0 Å². The average molecular weight is 249 g/mol. The van der Waals surface area contributed by atoms with E-state index in [9.17, 15) is 0 Å². The van der Waals surface area contributed by atoms with Crippen LogP contribution in [-0.2, 0) is 0 Å². The third kappa shape index (κ3) is 1.82. The molecule has 4 nitrogen and oxygen atoms in total.